The number of hydrogen-bond donors (Lipinski definition) is 2. The van der Waals surface area contributed by atoms with Gasteiger partial charge in [-0.05, 0) is 13.0 Å². The molecule has 2 aliphatic heterocycles. The van der Waals surface area contributed by atoms with Crippen LogP contribution in [0.25, 0.3) is 0 Å². The van der Waals surface area contributed by atoms with Gasteiger partial charge in [0.1, 0.15) is 17.8 Å². The maximum Gasteiger partial charge on any atom is 0.348 e. The van der Waals surface area contributed by atoms with Gasteiger partial charge in [-0.3, -0.25) is 4.57 Å². The Kier molecular flexibility index (Phi) is 2.99. The first-order valence-electron chi connectivity index (χ1n) is 4.96. The minimum atomic E-state index is -4.18. The lowest BCUT2D eigenvalue weighted by molar-refractivity contribution is -0.116. The molecule has 2 N–H and O–H groups in total. The van der Waals surface area contributed by atoms with Crippen LogP contribution in [0.15, 0.2) is 11.9 Å². The van der Waals surface area contributed by atoms with Gasteiger partial charge in [-0.1, -0.05) is 0 Å². The molecule has 92 valence electrons. The van der Waals surface area contributed by atoms with Gasteiger partial charge in [0.2, 0.25) is 0 Å². The Labute approximate surface area is 93.3 Å². The molecule has 0 saturated carbocycles. The zero-order valence-corrected chi connectivity index (χ0v) is 9.96. The molecule has 2 aliphatic rings. The topological polar surface area (TPSA) is 85.2 Å². The summed E-state index contributed by atoms with van der Waals surface area (Å²) in [7, 11) is -2.65. The third kappa shape index (κ3) is 1.97. The summed E-state index contributed by atoms with van der Waals surface area (Å²) in [5.41, 5.74) is -0.861. The predicted molar refractivity (Wildman–Crippen MR) is 55.0 cm³/mol. The predicted octanol–water partition coefficient (Wildman–Crippen LogP) is 0.249. The van der Waals surface area contributed by atoms with Gasteiger partial charge in [0.25, 0.3) is 0 Å². The van der Waals surface area contributed by atoms with E-state index in [-0.39, 0.29) is 24.9 Å². The lowest BCUT2D eigenvalue weighted by Crippen LogP contribution is -2.39. The van der Waals surface area contributed by atoms with Gasteiger partial charge in [0.05, 0.1) is 12.7 Å². The number of ether oxygens (including phenoxy) is 3. The van der Waals surface area contributed by atoms with Crippen molar-refractivity contribution in [2.24, 2.45) is 0 Å². The van der Waals surface area contributed by atoms with Crippen LogP contribution >= 0.6 is 7.60 Å². The van der Waals surface area contributed by atoms with Gasteiger partial charge in [-0.25, -0.2) is 0 Å². The summed E-state index contributed by atoms with van der Waals surface area (Å²) in [6.07, 6.45) is 0.739. The molecule has 4 atom stereocenters. The van der Waals surface area contributed by atoms with E-state index in [0.29, 0.717) is 0 Å². The second-order valence-corrected chi connectivity index (χ2v) is 5.59. The zero-order valence-electron chi connectivity index (χ0n) is 9.07. The van der Waals surface area contributed by atoms with Gasteiger partial charge < -0.3 is 24.0 Å². The van der Waals surface area contributed by atoms with E-state index in [1.54, 1.807) is 0 Å². The summed E-state index contributed by atoms with van der Waals surface area (Å²) in [5.74, 6) is 0.850. The Hall–Kier alpha value is -0.230. The van der Waals surface area contributed by atoms with Crippen molar-refractivity contribution in [1.29, 1.82) is 0 Å². The quantitative estimate of drug-likeness (QED) is 0.698. The molecule has 7 heteroatoms. The number of methoxy groups -OCH3 is 1. The molecule has 0 aromatic rings. The second-order valence-electron chi connectivity index (χ2n) is 4.11. The van der Waals surface area contributed by atoms with E-state index in [4.69, 9.17) is 24.0 Å². The fourth-order valence-electron chi connectivity index (χ4n) is 2.31. The number of hydrogen-bond acceptors (Lipinski definition) is 4. The van der Waals surface area contributed by atoms with Crippen molar-refractivity contribution in [3.05, 3.63) is 11.9 Å². The molecule has 2 bridgehead atoms. The van der Waals surface area contributed by atoms with E-state index in [0.717, 1.165) is 5.82 Å². The van der Waals surface area contributed by atoms with Gasteiger partial charge in [0, 0.05) is 12.9 Å². The normalized spacial score (nSPS) is 43.4. The summed E-state index contributed by atoms with van der Waals surface area (Å²) in [6.45, 7) is 2.11. The molecular formula is C9H15O6P. The summed E-state index contributed by atoms with van der Waals surface area (Å²) in [5, 5.41) is 0. The number of fused-ring (bicyclic) bond motifs is 2. The van der Waals surface area contributed by atoms with Crippen LogP contribution in [0.3, 0.4) is 0 Å². The minimum absolute atomic E-state index is 0.139. The van der Waals surface area contributed by atoms with Crippen molar-refractivity contribution in [3.63, 3.8) is 0 Å². The molecule has 0 aromatic heterocycles. The Morgan fingerprint density at radius 3 is 2.75 bits per heavy atom. The molecule has 2 saturated heterocycles. The third-order valence-electron chi connectivity index (χ3n) is 2.95. The first-order valence-corrected chi connectivity index (χ1v) is 6.64. The standard InChI is InChI=1S/C9H15O6P/c1-6-7-8(13-2)9(15-6,5-14-7)3-4-16(10,11)12/h3-4,6-8H,5H2,1-2H3,(H2,10,11,12)/b4-3+/t6-,7+,8?,9+/m0/s1. The maximum atomic E-state index is 10.8. The Bertz CT molecular complexity index is 350. The lowest BCUT2D eigenvalue weighted by atomic mass is 9.99. The molecular weight excluding hydrogens is 235 g/mol. The van der Waals surface area contributed by atoms with Crippen molar-refractivity contribution >= 4 is 7.60 Å². The molecule has 0 aliphatic carbocycles. The Morgan fingerprint density at radius 1 is 1.56 bits per heavy atom. The Balaban J connectivity index is 2.24. The molecule has 0 spiro atoms. The molecule has 2 fully saturated rings. The maximum absolute atomic E-state index is 10.8. The summed E-state index contributed by atoms with van der Waals surface area (Å²) in [6, 6.07) is 0. The first kappa shape index (κ1) is 12.2. The van der Waals surface area contributed by atoms with Crippen molar-refractivity contribution in [2.75, 3.05) is 13.7 Å². The summed E-state index contributed by atoms with van der Waals surface area (Å²) < 4.78 is 27.2. The van der Waals surface area contributed by atoms with Gasteiger partial charge in [-0.15, -0.1) is 0 Å². The van der Waals surface area contributed by atoms with Crippen LogP contribution in [-0.4, -0.2) is 47.4 Å². The van der Waals surface area contributed by atoms with E-state index in [1.165, 1.54) is 13.2 Å². The highest BCUT2D eigenvalue weighted by molar-refractivity contribution is 7.55. The van der Waals surface area contributed by atoms with Crippen LogP contribution in [0.5, 0.6) is 0 Å². The largest absolute Gasteiger partial charge is 0.375 e. The van der Waals surface area contributed by atoms with Crippen molar-refractivity contribution < 1.29 is 28.6 Å². The fraction of sp³-hybridized carbons (Fsp3) is 0.778. The average Bonchev–Trinajstić information content (AvgIpc) is 2.65. The molecule has 0 amide bonds. The van der Waals surface area contributed by atoms with Gasteiger partial charge in [0.15, 0.2) is 0 Å². The van der Waals surface area contributed by atoms with Crippen LogP contribution in [0.1, 0.15) is 6.92 Å². The third-order valence-corrected chi connectivity index (χ3v) is 3.49. The highest BCUT2D eigenvalue weighted by Gasteiger charge is 2.59. The summed E-state index contributed by atoms with van der Waals surface area (Å²) in [4.78, 5) is 17.6. The smallest absolute Gasteiger partial charge is 0.348 e. The van der Waals surface area contributed by atoms with E-state index in [1.807, 2.05) is 6.92 Å². The monoisotopic (exact) mass is 250 g/mol. The first-order chi connectivity index (χ1) is 7.38. The molecule has 6 nitrogen and oxygen atoms in total. The number of rotatable bonds is 3. The lowest BCUT2D eigenvalue weighted by Gasteiger charge is -2.26. The van der Waals surface area contributed by atoms with Crippen LogP contribution in [0.2, 0.25) is 0 Å². The van der Waals surface area contributed by atoms with Crippen LogP contribution in [0, 0.1) is 0 Å². The van der Waals surface area contributed by atoms with E-state index < -0.39 is 13.2 Å². The van der Waals surface area contributed by atoms with Crippen molar-refractivity contribution in [2.45, 2.75) is 30.8 Å². The van der Waals surface area contributed by atoms with Crippen LogP contribution < -0.4 is 0 Å². The molecule has 0 aromatic carbocycles. The van der Waals surface area contributed by atoms with Crippen LogP contribution in [-0.2, 0) is 18.8 Å². The highest BCUT2D eigenvalue weighted by atomic mass is 31.2. The van der Waals surface area contributed by atoms with Crippen LogP contribution in [0.4, 0.5) is 0 Å². The van der Waals surface area contributed by atoms with Gasteiger partial charge in [-0.2, -0.15) is 0 Å². The second kappa shape index (κ2) is 3.91. The van der Waals surface area contributed by atoms with E-state index >= 15 is 0 Å². The van der Waals surface area contributed by atoms with Crippen molar-refractivity contribution in [1.82, 2.24) is 0 Å². The van der Waals surface area contributed by atoms with Gasteiger partial charge >= 0.3 is 7.60 Å². The molecule has 1 unspecified atom stereocenters. The summed E-state index contributed by atoms with van der Waals surface area (Å²) >= 11 is 0. The zero-order chi connectivity index (χ0) is 12.0. The van der Waals surface area contributed by atoms with Crippen molar-refractivity contribution in [3.8, 4) is 0 Å². The molecule has 2 rings (SSSR count). The minimum Gasteiger partial charge on any atom is -0.375 e. The average molecular weight is 250 g/mol. The van der Waals surface area contributed by atoms with E-state index in [9.17, 15) is 4.57 Å². The SMILES string of the molecule is COC1[C@@H]2OC[C@@]1(/C=C/P(=O)(O)O)O[C@H]2C. The molecule has 2 heterocycles. The molecule has 0 radical (unpaired) electrons. The Morgan fingerprint density at radius 2 is 2.25 bits per heavy atom. The van der Waals surface area contributed by atoms with E-state index in [2.05, 4.69) is 0 Å². The molecule has 16 heavy (non-hydrogen) atoms. The fourth-order valence-corrected chi connectivity index (χ4v) is 2.76. The highest BCUT2D eigenvalue weighted by Crippen LogP contribution is 2.45.